The molecule has 27 heavy (non-hydrogen) atoms. The molecule has 0 N–H and O–H groups in total. The summed E-state index contributed by atoms with van der Waals surface area (Å²) in [6, 6.07) is 23.1. The Balaban J connectivity index is 1.87. The van der Waals surface area contributed by atoms with Crippen molar-refractivity contribution in [3.05, 3.63) is 84.7 Å². The van der Waals surface area contributed by atoms with Crippen LogP contribution >= 0.6 is 0 Å². The monoisotopic (exact) mass is 351 g/mol. The average molecular weight is 351 g/mol. The van der Waals surface area contributed by atoms with E-state index in [4.69, 9.17) is 4.42 Å². The highest BCUT2D eigenvalue weighted by atomic mass is 16.3. The number of furan rings is 1. The molecule has 0 saturated heterocycles. The topological polar surface area (TPSA) is 29.9 Å². The van der Waals surface area contributed by atoms with Crippen molar-refractivity contribution in [3.8, 4) is 22.4 Å². The fraction of sp³-hybridized carbons (Fsp3) is 0.0833. The van der Waals surface area contributed by atoms with E-state index in [0.29, 0.717) is 5.71 Å². The predicted molar refractivity (Wildman–Crippen MR) is 108 cm³/mol. The van der Waals surface area contributed by atoms with E-state index in [0.717, 1.165) is 21.9 Å². The first-order valence-corrected chi connectivity index (χ1v) is 9.05. The van der Waals surface area contributed by atoms with Crippen LogP contribution in [-0.4, -0.2) is 4.98 Å². The van der Waals surface area contributed by atoms with Crippen LogP contribution < -0.4 is 4.57 Å². The zero-order chi connectivity index (χ0) is 18.4. The van der Waals surface area contributed by atoms with Gasteiger partial charge in [0.15, 0.2) is 6.20 Å². The molecule has 3 nitrogen and oxygen atoms in total. The van der Waals surface area contributed by atoms with E-state index in [-0.39, 0.29) is 0 Å². The fourth-order valence-corrected chi connectivity index (χ4v) is 3.86. The lowest BCUT2D eigenvalue weighted by molar-refractivity contribution is -0.660. The normalized spacial score (nSPS) is 11.3. The molecule has 0 radical (unpaired) electrons. The molecule has 0 aliphatic rings. The second kappa shape index (κ2) is 6.06. The van der Waals surface area contributed by atoms with Gasteiger partial charge in [0, 0.05) is 34.7 Å². The SMILES string of the molecule is Cc1cccc(-c2cccc3c2oc2ncccc23)c1-c1cccc[n+]1C. The molecule has 130 valence electrons. The molecule has 0 spiro atoms. The minimum Gasteiger partial charge on any atom is -0.437 e. The third kappa shape index (κ3) is 2.43. The minimum atomic E-state index is 0.680. The molecule has 3 heterocycles. The summed E-state index contributed by atoms with van der Waals surface area (Å²) in [7, 11) is 2.08. The number of para-hydroxylation sites is 1. The molecule has 3 aromatic heterocycles. The zero-order valence-corrected chi connectivity index (χ0v) is 15.3. The number of aryl methyl sites for hydroxylation is 2. The van der Waals surface area contributed by atoms with Crippen molar-refractivity contribution < 1.29 is 8.98 Å². The second-order valence-corrected chi connectivity index (χ2v) is 6.83. The van der Waals surface area contributed by atoms with Gasteiger partial charge in [0.25, 0.3) is 0 Å². The van der Waals surface area contributed by atoms with Crippen LogP contribution in [-0.2, 0) is 7.05 Å². The lowest BCUT2D eigenvalue weighted by Gasteiger charge is -2.12. The summed E-state index contributed by atoms with van der Waals surface area (Å²) >= 11 is 0. The maximum Gasteiger partial charge on any atom is 0.227 e. The van der Waals surface area contributed by atoms with Crippen molar-refractivity contribution in [3.63, 3.8) is 0 Å². The molecule has 5 aromatic rings. The van der Waals surface area contributed by atoms with Gasteiger partial charge in [-0.15, -0.1) is 0 Å². The Morgan fingerprint density at radius 2 is 1.63 bits per heavy atom. The van der Waals surface area contributed by atoms with E-state index in [9.17, 15) is 0 Å². The number of hydrogen-bond donors (Lipinski definition) is 0. The summed E-state index contributed by atoms with van der Waals surface area (Å²) in [6.07, 6.45) is 3.85. The number of hydrogen-bond acceptors (Lipinski definition) is 2. The summed E-state index contributed by atoms with van der Waals surface area (Å²) in [6.45, 7) is 2.16. The first-order chi connectivity index (χ1) is 13.2. The van der Waals surface area contributed by atoms with Crippen molar-refractivity contribution in [2.75, 3.05) is 0 Å². The van der Waals surface area contributed by atoms with Gasteiger partial charge in [-0.05, 0) is 36.2 Å². The van der Waals surface area contributed by atoms with Gasteiger partial charge in [-0.1, -0.05) is 36.4 Å². The van der Waals surface area contributed by atoms with Crippen molar-refractivity contribution in [2.45, 2.75) is 6.92 Å². The first-order valence-electron chi connectivity index (χ1n) is 9.05. The second-order valence-electron chi connectivity index (χ2n) is 6.83. The molecule has 5 rings (SSSR count). The molecule has 0 unspecified atom stereocenters. The Kier molecular flexibility index (Phi) is 3.54. The number of rotatable bonds is 2. The summed E-state index contributed by atoms with van der Waals surface area (Å²) in [4.78, 5) is 4.39. The first kappa shape index (κ1) is 15.8. The quantitative estimate of drug-likeness (QED) is 0.396. The van der Waals surface area contributed by atoms with Crippen LogP contribution in [0.25, 0.3) is 44.5 Å². The Hall–Kier alpha value is -3.46. The van der Waals surface area contributed by atoms with Gasteiger partial charge in [0.2, 0.25) is 11.4 Å². The maximum absolute atomic E-state index is 6.18. The number of aromatic nitrogens is 2. The van der Waals surface area contributed by atoms with E-state index < -0.39 is 0 Å². The minimum absolute atomic E-state index is 0.680. The van der Waals surface area contributed by atoms with Crippen molar-refractivity contribution >= 4 is 22.1 Å². The van der Waals surface area contributed by atoms with Gasteiger partial charge >= 0.3 is 0 Å². The molecule has 2 aromatic carbocycles. The van der Waals surface area contributed by atoms with Crippen LogP contribution in [0.4, 0.5) is 0 Å². The molecule has 0 aliphatic heterocycles. The number of pyridine rings is 2. The van der Waals surface area contributed by atoms with Crippen molar-refractivity contribution in [1.29, 1.82) is 0 Å². The third-order valence-corrected chi connectivity index (χ3v) is 5.15. The van der Waals surface area contributed by atoms with Gasteiger partial charge < -0.3 is 4.42 Å². The Bertz CT molecular complexity index is 1300. The highest BCUT2D eigenvalue weighted by molar-refractivity contribution is 6.09. The smallest absolute Gasteiger partial charge is 0.227 e. The molecule has 0 amide bonds. The zero-order valence-electron chi connectivity index (χ0n) is 15.3. The Morgan fingerprint density at radius 1 is 0.815 bits per heavy atom. The van der Waals surface area contributed by atoms with Crippen molar-refractivity contribution in [1.82, 2.24) is 4.98 Å². The molecule has 0 fully saturated rings. The molecule has 0 aliphatic carbocycles. The van der Waals surface area contributed by atoms with E-state index in [1.807, 2.05) is 12.1 Å². The van der Waals surface area contributed by atoms with Gasteiger partial charge in [-0.25, -0.2) is 9.55 Å². The largest absolute Gasteiger partial charge is 0.437 e. The third-order valence-electron chi connectivity index (χ3n) is 5.15. The molecular formula is C24H19N2O+. The van der Waals surface area contributed by atoms with Gasteiger partial charge in [0.1, 0.15) is 12.6 Å². The molecule has 0 saturated carbocycles. The van der Waals surface area contributed by atoms with E-state index in [2.05, 4.69) is 84.3 Å². The number of fused-ring (bicyclic) bond motifs is 3. The van der Waals surface area contributed by atoms with Crippen LogP contribution in [0.1, 0.15) is 5.56 Å². The van der Waals surface area contributed by atoms with E-state index in [1.54, 1.807) is 6.20 Å². The maximum atomic E-state index is 6.18. The Morgan fingerprint density at radius 3 is 2.52 bits per heavy atom. The standard InChI is InChI=1S/C24H19N2O/c1-16-8-5-9-17(22(16)21-13-3-4-15-26(21)2)18-10-6-11-19-20-12-7-14-25-24(20)27-23(18)19/h3-15H,1-2H3/q+1. The average Bonchev–Trinajstić information content (AvgIpc) is 3.07. The molecule has 0 bridgehead atoms. The summed E-state index contributed by atoms with van der Waals surface area (Å²) in [5.41, 5.74) is 7.46. The van der Waals surface area contributed by atoms with E-state index in [1.165, 1.54) is 22.4 Å². The number of nitrogens with zero attached hydrogens (tertiary/aromatic N) is 2. The molecule has 3 heteroatoms. The number of benzene rings is 2. The Labute approximate surface area is 157 Å². The van der Waals surface area contributed by atoms with Gasteiger partial charge in [-0.2, -0.15) is 0 Å². The van der Waals surface area contributed by atoms with Crippen LogP contribution in [0, 0.1) is 6.92 Å². The fourth-order valence-electron chi connectivity index (χ4n) is 3.86. The van der Waals surface area contributed by atoms with Gasteiger partial charge in [-0.3, -0.25) is 0 Å². The molecule has 0 atom stereocenters. The van der Waals surface area contributed by atoms with Crippen molar-refractivity contribution in [2.24, 2.45) is 7.05 Å². The van der Waals surface area contributed by atoms with Crippen LogP contribution in [0.15, 0.2) is 83.5 Å². The lowest BCUT2D eigenvalue weighted by atomic mass is 9.92. The predicted octanol–water partition coefficient (Wildman–Crippen LogP) is 5.45. The van der Waals surface area contributed by atoms with Crippen LogP contribution in [0.3, 0.4) is 0 Å². The summed E-state index contributed by atoms with van der Waals surface area (Å²) in [5, 5.41) is 2.15. The lowest BCUT2D eigenvalue weighted by Crippen LogP contribution is -2.30. The highest BCUT2D eigenvalue weighted by Gasteiger charge is 2.20. The summed E-state index contributed by atoms with van der Waals surface area (Å²) < 4.78 is 8.34. The molecular weight excluding hydrogens is 332 g/mol. The highest BCUT2D eigenvalue weighted by Crippen LogP contribution is 2.39. The van der Waals surface area contributed by atoms with E-state index >= 15 is 0 Å². The van der Waals surface area contributed by atoms with Crippen LogP contribution in [0.2, 0.25) is 0 Å². The van der Waals surface area contributed by atoms with Crippen LogP contribution in [0.5, 0.6) is 0 Å². The summed E-state index contributed by atoms with van der Waals surface area (Å²) in [5.74, 6) is 0. The van der Waals surface area contributed by atoms with Gasteiger partial charge in [0.05, 0.1) is 5.56 Å².